The first kappa shape index (κ1) is 20.8. The lowest BCUT2D eigenvalue weighted by molar-refractivity contribution is 0.0887. The summed E-state index contributed by atoms with van der Waals surface area (Å²) in [6.45, 7) is 6.10. The highest BCUT2D eigenvalue weighted by atomic mass is 16.5. The molecule has 2 atom stereocenters. The number of fused-ring (bicyclic) bond motifs is 2. The van der Waals surface area contributed by atoms with Gasteiger partial charge in [-0.2, -0.15) is 0 Å². The Labute approximate surface area is 181 Å². The Morgan fingerprint density at radius 2 is 1.97 bits per heavy atom. The Balaban J connectivity index is 1.66. The molecule has 162 valence electrons. The quantitative estimate of drug-likeness (QED) is 0.595. The Morgan fingerprint density at radius 3 is 2.68 bits per heavy atom. The Morgan fingerprint density at radius 1 is 1.19 bits per heavy atom. The molecular weight excluding hydrogens is 396 g/mol. The first-order valence-corrected chi connectivity index (χ1v) is 10.3. The summed E-state index contributed by atoms with van der Waals surface area (Å²) in [6, 6.07) is 5.71. The standard InChI is InChI=1S/C25H26O6/c1-14(2)5-4-9-25(3)10-8-17-20(31-25)12-21-22(23(17)28)24(29)18(13-30-21)16-7-6-15(26)11-19(16)27/h5-8,10-12,18,26-28H,4,9,13H2,1-3H3/t18-,25-/m1/s1. The molecule has 0 saturated carbocycles. The third-order valence-electron chi connectivity index (χ3n) is 5.76. The number of benzene rings is 2. The van der Waals surface area contributed by atoms with Crippen molar-refractivity contribution < 1.29 is 29.6 Å². The van der Waals surface area contributed by atoms with Crippen molar-refractivity contribution >= 4 is 11.9 Å². The van der Waals surface area contributed by atoms with Crippen LogP contribution in [0.4, 0.5) is 0 Å². The maximum atomic E-state index is 13.2. The zero-order valence-corrected chi connectivity index (χ0v) is 17.8. The molecule has 0 amide bonds. The normalized spacial score (nSPS) is 21.5. The van der Waals surface area contributed by atoms with E-state index in [9.17, 15) is 20.1 Å². The van der Waals surface area contributed by atoms with Crippen molar-refractivity contribution in [3.63, 3.8) is 0 Å². The molecule has 0 aliphatic carbocycles. The van der Waals surface area contributed by atoms with Crippen LogP contribution in [0.3, 0.4) is 0 Å². The van der Waals surface area contributed by atoms with Gasteiger partial charge >= 0.3 is 0 Å². The molecule has 2 aromatic carbocycles. The Hall–Kier alpha value is -3.41. The summed E-state index contributed by atoms with van der Waals surface area (Å²) >= 11 is 0. The van der Waals surface area contributed by atoms with Gasteiger partial charge in [0.15, 0.2) is 5.78 Å². The van der Waals surface area contributed by atoms with E-state index < -0.39 is 11.5 Å². The fourth-order valence-electron chi connectivity index (χ4n) is 4.04. The lowest BCUT2D eigenvalue weighted by atomic mass is 9.86. The van der Waals surface area contributed by atoms with Crippen LogP contribution in [-0.4, -0.2) is 33.3 Å². The van der Waals surface area contributed by atoms with Crippen molar-refractivity contribution in [1.29, 1.82) is 0 Å². The molecular formula is C25H26O6. The molecule has 2 aliphatic heterocycles. The van der Waals surface area contributed by atoms with Gasteiger partial charge < -0.3 is 24.8 Å². The van der Waals surface area contributed by atoms with E-state index in [2.05, 4.69) is 19.9 Å². The van der Waals surface area contributed by atoms with E-state index in [0.29, 0.717) is 16.9 Å². The number of Topliss-reactive ketones (excluding diaryl/α,β-unsaturated/α-hetero) is 1. The molecule has 0 spiro atoms. The summed E-state index contributed by atoms with van der Waals surface area (Å²) < 4.78 is 12.0. The van der Waals surface area contributed by atoms with Gasteiger partial charge in [0.25, 0.3) is 0 Å². The summed E-state index contributed by atoms with van der Waals surface area (Å²) in [4.78, 5) is 13.2. The van der Waals surface area contributed by atoms with Crippen LogP contribution in [0.1, 0.15) is 61.0 Å². The van der Waals surface area contributed by atoms with Gasteiger partial charge in [-0.25, -0.2) is 0 Å². The molecule has 31 heavy (non-hydrogen) atoms. The average Bonchev–Trinajstić information content (AvgIpc) is 2.68. The van der Waals surface area contributed by atoms with Gasteiger partial charge in [-0.1, -0.05) is 17.7 Å². The number of ether oxygens (including phenoxy) is 2. The molecule has 2 aromatic rings. The largest absolute Gasteiger partial charge is 0.508 e. The zero-order valence-electron chi connectivity index (χ0n) is 17.8. The lowest BCUT2D eigenvalue weighted by Gasteiger charge is -2.33. The van der Waals surface area contributed by atoms with Gasteiger partial charge in [0, 0.05) is 17.7 Å². The Kier molecular flexibility index (Phi) is 5.17. The van der Waals surface area contributed by atoms with Crippen LogP contribution in [0.15, 0.2) is 42.0 Å². The summed E-state index contributed by atoms with van der Waals surface area (Å²) in [7, 11) is 0. The molecule has 2 aliphatic rings. The third-order valence-corrected chi connectivity index (χ3v) is 5.76. The topological polar surface area (TPSA) is 96.2 Å². The average molecular weight is 422 g/mol. The van der Waals surface area contributed by atoms with Crippen LogP contribution in [0, 0.1) is 0 Å². The minimum absolute atomic E-state index is 0.00999. The van der Waals surface area contributed by atoms with Crippen LogP contribution >= 0.6 is 0 Å². The predicted molar refractivity (Wildman–Crippen MR) is 117 cm³/mol. The summed E-state index contributed by atoms with van der Waals surface area (Å²) in [6.07, 6.45) is 7.47. The highest BCUT2D eigenvalue weighted by molar-refractivity contribution is 6.08. The first-order chi connectivity index (χ1) is 14.7. The molecule has 0 fully saturated rings. The zero-order chi connectivity index (χ0) is 22.3. The van der Waals surface area contributed by atoms with Crippen molar-refractivity contribution in [1.82, 2.24) is 0 Å². The minimum Gasteiger partial charge on any atom is -0.508 e. The van der Waals surface area contributed by atoms with Crippen molar-refractivity contribution in [3.8, 4) is 28.7 Å². The molecule has 0 unspecified atom stereocenters. The molecule has 6 heteroatoms. The highest BCUT2D eigenvalue weighted by Gasteiger charge is 2.38. The molecule has 0 aromatic heterocycles. The molecule has 4 rings (SSSR count). The number of phenols is 3. The molecule has 2 heterocycles. The summed E-state index contributed by atoms with van der Waals surface area (Å²) in [5.74, 6) is -0.901. The number of carbonyl (C=O) groups is 1. The van der Waals surface area contributed by atoms with E-state index in [1.165, 1.54) is 23.8 Å². The monoisotopic (exact) mass is 422 g/mol. The fourth-order valence-corrected chi connectivity index (χ4v) is 4.04. The lowest BCUT2D eigenvalue weighted by Crippen LogP contribution is -2.32. The van der Waals surface area contributed by atoms with E-state index in [1.807, 2.05) is 13.0 Å². The first-order valence-electron chi connectivity index (χ1n) is 10.3. The number of carbonyl (C=O) groups excluding carboxylic acids is 1. The smallest absolute Gasteiger partial charge is 0.181 e. The molecule has 0 radical (unpaired) electrons. The maximum Gasteiger partial charge on any atom is 0.181 e. The number of allylic oxidation sites excluding steroid dienone is 2. The van der Waals surface area contributed by atoms with Gasteiger partial charge in [0.1, 0.15) is 46.5 Å². The second-order valence-electron chi connectivity index (χ2n) is 8.55. The van der Waals surface area contributed by atoms with Crippen LogP contribution < -0.4 is 9.47 Å². The highest BCUT2D eigenvalue weighted by Crippen LogP contribution is 2.48. The van der Waals surface area contributed by atoms with Gasteiger partial charge in [0.05, 0.1) is 11.5 Å². The second kappa shape index (κ2) is 7.69. The van der Waals surface area contributed by atoms with Crippen molar-refractivity contribution in [2.45, 2.75) is 45.1 Å². The number of ketones is 1. The van der Waals surface area contributed by atoms with Crippen LogP contribution in [0.2, 0.25) is 0 Å². The third kappa shape index (κ3) is 3.85. The molecule has 0 saturated heterocycles. The van der Waals surface area contributed by atoms with Crippen molar-refractivity contribution in [2.24, 2.45) is 0 Å². The van der Waals surface area contributed by atoms with Gasteiger partial charge in [-0.3, -0.25) is 4.79 Å². The van der Waals surface area contributed by atoms with E-state index in [-0.39, 0.29) is 41.0 Å². The van der Waals surface area contributed by atoms with Gasteiger partial charge in [-0.05, 0) is 51.8 Å². The number of rotatable bonds is 4. The SMILES string of the molecule is CC(C)=CCC[C@]1(C)C=Cc2c(cc3c(c2O)C(=O)[C@@H](c2ccc(O)cc2O)CO3)O1. The van der Waals surface area contributed by atoms with Crippen LogP contribution in [0.25, 0.3) is 6.08 Å². The van der Waals surface area contributed by atoms with E-state index in [0.717, 1.165) is 12.8 Å². The summed E-state index contributed by atoms with van der Waals surface area (Å²) in [5, 5.41) is 30.6. The van der Waals surface area contributed by atoms with E-state index >= 15 is 0 Å². The van der Waals surface area contributed by atoms with E-state index in [4.69, 9.17) is 9.47 Å². The number of phenolic OH excluding ortho intramolecular Hbond substituents is 3. The summed E-state index contributed by atoms with van der Waals surface area (Å²) in [5.41, 5.74) is 1.56. The van der Waals surface area contributed by atoms with Crippen molar-refractivity contribution in [3.05, 3.63) is 58.7 Å². The number of hydrogen-bond donors (Lipinski definition) is 3. The maximum absolute atomic E-state index is 13.2. The van der Waals surface area contributed by atoms with Crippen molar-refractivity contribution in [2.75, 3.05) is 6.61 Å². The van der Waals surface area contributed by atoms with Crippen LogP contribution in [0.5, 0.6) is 28.7 Å². The van der Waals surface area contributed by atoms with Crippen LogP contribution in [-0.2, 0) is 0 Å². The number of hydrogen-bond acceptors (Lipinski definition) is 6. The van der Waals surface area contributed by atoms with Gasteiger partial charge in [0.2, 0.25) is 0 Å². The molecule has 6 nitrogen and oxygen atoms in total. The molecule has 0 bridgehead atoms. The van der Waals surface area contributed by atoms with Gasteiger partial charge in [-0.15, -0.1) is 0 Å². The number of aromatic hydroxyl groups is 3. The minimum atomic E-state index is -0.792. The molecule has 3 N–H and O–H groups in total. The van der Waals surface area contributed by atoms with E-state index in [1.54, 1.807) is 12.1 Å². The second-order valence-corrected chi connectivity index (χ2v) is 8.55. The Bertz CT molecular complexity index is 1110. The fraction of sp³-hybridized carbons (Fsp3) is 0.320. The predicted octanol–water partition coefficient (Wildman–Crippen LogP) is 5.07.